The van der Waals surface area contributed by atoms with E-state index in [0.717, 1.165) is 59.9 Å². The molecular weight excluding hydrogens is 346 g/mol. The normalized spacial score (nSPS) is 18.2. The van der Waals surface area contributed by atoms with E-state index in [1.165, 1.54) is 6.42 Å². The lowest BCUT2D eigenvalue weighted by Crippen LogP contribution is -2.34. The van der Waals surface area contributed by atoms with Gasteiger partial charge in [-0.1, -0.05) is 0 Å². The first-order valence-electron chi connectivity index (χ1n) is 8.91. The zero-order valence-electron chi connectivity index (χ0n) is 15.1. The summed E-state index contributed by atoms with van der Waals surface area (Å²) in [5.74, 6) is 2.04. The Morgan fingerprint density at radius 2 is 2.23 bits per heavy atom. The Morgan fingerprint density at radius 3 is 3.00 bits per heavy atom. The molecule has 2 N–H and O–H groups in total. The topological polar surface area (TPSA) is 82.6 Å². The summed E-state index contributed by atoms with van der Waals surface area (Å²) in [4.78, 5) is 16.2. The highest BCUT2D eigenvalue weighted by Crippen LogP contribution is 2.28. The van der Waals surface area contributed by atoms with E-state index in [0.29, 0.717) is 5.92 Å². The second-order valence-corrected chi connectivity index (χ2v) is 7.66. The number of piperidine rings is 1. The number of nitrogens with zero attached hydrogens (tertiary/aromatic N) is 5. The number of thiazole rings is 1. The summed E-state index contributed by atoms with van der Waals surface area (Å²) in [5.41, 5.74) is 3.29. The molecule has 136 valence electrons. The predicted molar refractivity (Wildman–Crippen MR) is 103 cm³/mol. The monoisotopic (exact) mass is 369 g/mol. The third-order valence-corrected chi connectivity index (χ3v) is 5.46. The Hall–Kier alpha value is -2.32. The highest BCUT2D eigenvalue weighted by atomic mass is 32.1. The Balaban J connectivity index is 1.49. The Labute approximate surface area is 156 Å². The maximum absolute atomic E-state index is 4.72. The summed E-state index contributed by atoms with van der Waals surface area (Å²) in [6, 6.07) is 4.12. The van der Waals surface area contributed by atoms with Crippen LogP contribution in [-0.4, -0.2) is 43.1 Å². The van der Waals surface area contributed by atoms with Crippen LogP contribution in [-0.2, 0) is 6.54 Å². The molecule has 1 aliphatic heterocycles. The fourth-order valence-corrected chi connectivity index (χ4v) is 4.13. The quantitative estimate of drug-likeness (QED) is 0.717. The van der Waals surface area contributed by atoms with Gasteiger partial charge in [-0.25, -0.2) is 15.0 Å². The second-order valence-electron chi connectivity index (χ2n) is 6.80. The summed E-state index contributed by atoms with van der Waals surface area (Å²) in [7, 11) is 0. The molecule has 26 heavy (non-hydrogen) atoms. The number of aromatic amines is 1. The van der Waals surface area contributed by atoms with E-state index in [-0.39, 0.29) is 0 Å². The lowest BCUT2D eigenvalue weighted by Gasteiger charge is -2.32. The molecule has 0 saturated carbocycles. The van der Waals surface area contributed by atoms with Crippen LogP contribution in [0.25, 0.3) is 0 Å². The van der Waals surface area contributed by atoms with Gasteiger partial charge in [-0.15, -0.1) is 11.3 Å². The van der Waals surface area contributed by atoms with Crippen molar-refractivity contribution >= 4 is 22.3 Å². The summed E-state index contributed by atoms with van der Waals surface area (Å²) < 4.78 is 0. The van der Waals surface area contributed by atoms with E-state index in [1.807, 2.05) is 31.5 Å². The van der Waals surface area contributed by atoms with Gasteiger partial charge in [-0.2, -0.15) is 5.10 Å². The van der Waals surface area contributed by atoms with Crippen LogP contribution in [0, 0.1) is 13.8 Å². The van der Waals surface area contributed by atoms with Gasteiger partial charge in [-0.3, -0.25) is 10.00 Å². The minimum absolute atomic E-state index is 0.423. The molecule has 0 spiro atoms. The first kappa shape index (κ1) is 17.1. The maximum Gasteiger partial charge on any atom is 0.188 e. The van der Waals surface area contributed by atoms with Crippen molar-refractivity contribution < 1.29 is 0 Å². The largest absolute Gasteiger partial charge is 0.316 e. The number of aromatic nitrogens is 5. The van der Waals surface area contributed by atoms with Gasteiger partial charge in [0.25, 0.3) is 0 Å². The molecule has 1 aliphatic rings. The number of H-pyrrole nitrogens is 1. The van der Waals surface area contributed by atoms with Gasteiger partial charge in [0.05, 0.1) is 11.4 Å². The molecule has 0 radical (unpaired) electrons. The number of nitrogens with one attached hydrogen (secondary N) is 2. The van der Waals surface area contributed by atoms with E-state index >= 15 is 0 Å². The number of hydrogen-bond acceptors (Lipinski definition) is 7. The van der Waals surface area contributed by atoms with Crippen LogP contribution in [0.3, 0.4) is 0 Å². The van der Waals surface area contributed by atoms with Crippen LogP contribution in [0.4, 0.5) is 10.9 Å². The van der Waals surface area contributed by atoms with Crippen molar-refractivity contribution in [3.63, 3.8) is 0 Å². The van der Waals surface area contributed by atoms with Crippen LogP contribution < -0.4 is 5.32 Å². The van der Waals surface area contributed by atoms with Gasteiger partial charge >= 0.3 is 0 Å². The van der Waals surface area contributed by atoms with E-state index < -0.39 is 0 Å². The molecular formula is C18H23N7S. The first-order valence-corrected chi connectivity index (χ1v) is 9.79. The van der Waals surface area contributed by atoms with Crippen molar-refractivity contribution in [2.45, 2.75) is 39.2 Å². The molecule has 4 rings (SSSR count). The average Bonchev–Trinajstić information content (AvgIpc) is 3.26. The zero-order chi connectivity index (χ0) is 17.9. The number of rotatable bonds is 5. The maximum atomic E-state index is 4.72. The fourth-order valence-electron chi connectivity index (χ4n) is 3.44. The van der Waals surface area contributed by atoms with Crippen LogP contribution >= 0.6 is 11.3 Å². The molecule has 0 bridgehead atoms. The zero-order valence-corrected chi connectivity index (χ0v) is 15.9. The lowest BCUT2D eigenvalue weighted by molar-refractivity contribution is 0.196. The van der Waals surface area contributed by atoms with Crippen LogP contribution in [0.5, 0.6) is 0 Å². The summed E-state index contributed by atoms with van der Waals surface area (Å²) >= 11 is 1.59. The highest BCUT2D eigenvalue weighted by molar-refractivity contribution is 7.13. The summed E-state index contributed by atoms with van der Waals surface area (Å²) in [5, 5.41) is 13.3. The van der Waals surface area contributed by atoms with Gasteiger partial charge in [0.2, 0.25) is 0 Å². The first-order chi connectivity index (χ1) is 12.7. The number of aryl methyl sites for hydroxylation is 2. The van der Waals surface area contributed by atoms with Crippen molar-refractivity contribution in [1.29, 1.82) is 0 Å². The van der Waals surface area contributed by atoms with E-state index in [1.54, 1.807) is 11.3 Å². The SMILES string of the molecule is Cc1csc(Nc2cc(C3CCCN(Cc4ccn[nH]4)C3)nc(C)n2)n1. The number of anilines is 2. The van der Waals surface area contributed by atoms with Crippen molar-refractivity contribution in [2.75, 3.05) is 18.4 Å². The summed E-state index contributed by atoms with van der Waals surface area (Å²) in [6.45, 7) is 6.97. The molecule has 1 fully saturated rings. The molecule has 8 heteroatoms. The van der Waals surface area contributed by atoms with Crippen molar-refractivity contribution in [3.8, 4) is 0 Å². The number of likely N-dealkylation sites (tertiary alicyclic amines) is 1. The average molecular weight is 369 g/mol. The minimum atomic E-state index is 0.423. The molecule has 1 atom stereocenters. The van der Waals surface area contributed by atoms with Crippen molar-refractivity contribution in [3.05, 3.63) is 46.6 Å². The third kappa shape index (κ3) is 4.08. The van der Waals surface area contributed by atoms with Gasteiger partial charge < -0.3 is 5.32 Å². The van der Waals surface area contributed by atoms with Crippen LogP contribution in [0.2, 0.25) is 0 Å². The second kappa shape index (κ2) is 7.51. The fraction of sp³-hybridized carbons (Fsp3) is 0.444. The van der Waals surface area contributed by atoms with Crippen molar-refractivity contribution in [1.82, 2.24) is 30.0 Å². The highest BCUT2D eigenvalue weighted by Gasteiger charge is 2.23. The molecule has 0 aromatic carbocycles. The van der Waals surface area contributed by atoms with Gasteiger partial charge in [0, 0.05) is 42.3 Å². The minimum Gasteiger partial charge on any atom is -0.316 e. The molecule has 4 heterocycles. The van der Waals surface area contributed by atoms with Gasteiger partial charge in [0.1, 0.15) is 11.6 Å². The molecule has 0 aliphatic carbocycles. The molecule has 0 amide bonds. The Bertz CT molecular complexity index is 858. The molecule has 3 aromatic heterocycles. The van der Waals surface area contributed by atoms with Gasteiger partial charge in [0.15, 0.2) is 5.13 Å². The van der Waals surface area contributed by atoms with Crippen LogP contribution in [0.15, 0.2) is 23.7 Å². The lowest BCUT2D eigenvalue weighted by atomic mass is 9.94. The molecule has 7 nitrogen and oxygen atoms in total. The molecule has 1 saturated heterocycles. The molecule has 3 aromatic rings. The Kier molecular flexibility index (Phi) is 4.94. The number of hydrogen-bond donors (Lipinski definition) is 2. The molecule has 1 unspecified atom stereocenters. The van der Waals surface area contributed by atoms with Crippen LogP contribution in [0.1, 0.15) is 41.7 Å². The van der Waals surface area contributed by atoms with E-state index in [9.17, 15) is 0 Å². The van der Waals surface area contributed by atoms with Crippen molar-refractivity contribution in [2.24, 2.45) is 0 Å². The van der Waals surface area contributed by atoms with E-state index in [4.69, 9.17) is 4.98 Å². The summed E-state index contributed by atoms with van der Waals surface area (Å²) in [6.07, 6.45) is 4.14. The van der Waals surface area contributed by atoms with Gasteiger partial charge in [-0.05, 0) is 39.3 Å². The standard InChI is InChI=1S/C18H23N7S/c1-12-11-26-18(20-12)23-17-8-16(21-13(2)22-17)14-4-3-7-25(9-14)10-15-5-6-19-24-15/h5-6,8,11,14H,3-4,7,9-10H2,1-2H3,(H,19,24)(H,20,21,22,23). The Morgan fingerprint density at radius 1 is 1.31 bits per heavy atom. The smallest absolute Gasteiger partial charge is 0.188 e. The third-order valence-electron chi connectivity index (χ3n) is 4.59. The predicted octanol–water partition coefficient (Wildman–Crippen LogP) is 3.40. The van der Waals surface area contributed by atoms with E-state index in [2.05, 4.69) is 36.4 Å².